The minimum atomic E-state index is -0.592. The Labute approximate surface area is 75.3 Å². The van der Waals surface area contributed by atoms with Crippen molar-refractivity contribution in [3.8, 4) is 0 Å². The van der Waals surface area contributed by atoms with E-state index in [0.717, 1.165) is 0 Å². The second-order valence-electron chi connectivity index (χ2n) is 2.61. The first-order valence-electron chi connectivity index (χ1n) is 3.69. The number of nitrogens with zero attached hydrogens (tertiary/aromatic N) is 2. The Hall–Kier alpha value is -1.65. The van der Waals surface area contributed by atoms with Gasteiger partial charge in [-0.25, -0.2) is 4.79 Å². The number of hydrogen-bond donors (Lipinski definition) is 0. The monoisotopic (exact) mass is 182 g/mol. The molecule has 1 rings (SSSR count). The van der Waals surface area contributed by atoms with Gasteiger partial charge in [0.1, 0.15) is 0 Å². The fourth-order valence-electron chi connectivity index (χ4n) is 0.994. The van der Waals surface area contributed by atoms with Gasteiger partial charge in [0.15, 0.2) is 11.5 Å². The predicted molar refractivity (Wildman–Crippen MR) is 44.6 cm³/mol. The highest BCUT2D eigenvalue weighted by Crippen LogP contribution is 2.08. The average molecular weight is 182 g/mol. The van der Waals surface area contributed by atoms with Gasteiger partial charge in [-0.1, -0.05) is 0 Å². The van der Waals surface area contributed by atoms with E-state index in [9.17, 15) is 9.59 Å². The SMILES string of the molecule is COC(=O)c1nn(C)cc1C(C)=O. The van der Waals surface area contributed by atoms with Gasteiger partial charge in [0, 0.05) is 13.2 Å². The predicted octanol–water partition coefficient (Wildman–Crippen LogP) is 0.409. The molecule has 0 bridgehead atoms. The summed E-state index contributed by atoms with van der Waals surface area (Å²) in [5.74, 6) is -0.792. The van der Waals surface area contributed by atoms with Crippen molar-refractivity contribution in [2.75, 3.05) is 7.11 Å². The summed E-state index contributed by atoms with van der Waals surface area (Å²) in [4.78, 5) is 22.1. The summed E-state index contributed by atoms with van der Waals surface area (Å²) < 4.78 is 5.88. The van der Waals surface area contributed by atoms with Crippen LogP contribution in [0, 0.1) is 0 Å². The minimum absolute atomic E-state index is 0.0671. The quantitative estimate of drug-likeness (QED) is 0.491. The number of carbonyl (C=O) groups is 2. The van der Waals surface area contributed by atoms with Crippen LogP contribution >= 0.6 is 0 Å². The number of hydrogen-bond acceptors (Lipinski definition) is 4. The first-order valence-corrected chi connectivity index (χ1v) is 3.69. The van der Waals surface area contributed by atoms with Crippen molar-refractivity contribution in [1.82, 2.24) is 9.78 Å². The highest BCUT2D eigenvalue weighted by molar-refractivity contribution is 6.03. The molecule has 5 heteroatoms. The lowest BCUT2D eigenvalue weighted by Gasteiger charge is -1.94. The van der Waals surface area contributed by atoms with E-state index in [1.165, 1.54) is 24.9 Å². The Morgan fingerprint density at radius 2 is 2.15 bits per heavy atom. The maximum absolute atomic E-state index is 11.1. The Morgan fingerprint density at radius 1 is 1.54 bits per heavy atom. The van der Waals surface area contributed by atoms with Crippen molar-refractivity contribution in [1.29, 1.82) is 0 Å². The number of aryl methyl sites for hydroxylation is 1. The van der Waals surface area contributed by atoms with Crippen LogP contribution in [0.5, 0.6) is 0 Å². The first kappa shape index (κ1) is 9.44. The van der Waals surface area contributed by atoms with Gasteiger partial charge in [0.25, 0.3) is 0 Å². The van der Waals surface area contributed by atoms with Crippen LogP contribution in [0.2, 0.25) is 0 Å². The summed E-state index contributed by atoms with van der Waals surface area (Å²) in [7, 11) is 2.89. The van der Waals surface area contributed by atoms with Crippen LogP contribution in [0.4, 0.5) is 0 Å². The van der Waals surface area contributed by atoms with Crippen molar-refractivity contribution in [2.45, 2.75) is 6.92 Å². The molecule has 1 aromatic heterocycles. The molecule has 0 aliphatic heterocycles. The maximum Gasteiger partial charge on any atom is 0.359 e. The van der Waals surface area contributed by atoms with Crippen molar-refractivity contribution in [3.63, 3.8) is 0 Å². The number of Topliss-reactive ketones (excluding diaryl/α,β-unsaturated/α-hetero) is 1. The van der Waals surface area contributed by atoms with Crippen molar-refractivity contribution in [2.24, 2.45) is 7.05 Å². The van der Waals surface area contributed by atoms with Crippen LogP contribution in [-0.2, 0) is 11.8 Å². The third-order valence-electron chi connectivity index (χ3n) is 1.59. The normalized spacial score (nSPS) is 9.77. The molecule has 0 fully saturated rings. The molecule has 0 radical (unpaired) electrons. The van der Waals surface area contributed by atoms with E-state index in [2.05, 4.69) is 9.84 Å². The minimum Gasteiger partial charge on any atom is -0.464 e. The van der Waals surface area contributed by atoms with Gasteiger partial charge in [-0.05, 0) is 6.92 Å². The van der Waals surface area contributed by atoms with Crippen molar-refractivity contribution < 1.29 is 14.3 Å². The lowest BCUT2D eigenvalue weighted by molar-refractivity contribution is 0.0589. The zero-order valence-electron chi connectivity index (χ0n) is 7.70. The first-order chi connectivity index (χ1) is 6.06. The number of esters is 1. The van der Waals surface area contributed by atoms with E-state index < -0.39 is 5.97 Å². The van der Waals surface area contributed by atoms with E-state index >= 15 is 0 Å². The van der Waals surface area contributed by atoms with Gasteiger partial charge in [0.2, 0.25) is 0 Å². The number of ether oxygens (including phenoxy) is 1. The highest BCUT2D eigenvalue weighted by Gasteiger charge is 2.18. The molecule has 0 aromatic carbocycles. The van der Waals surface area contributed by atoms with E-state index in [-0.39, 0.29) is 17.0 Å². The molecule has 0 aliphatic rings. The smallest absolute Gasteiger partial charge is 0.359 e. The number of ketones is 1. The summed E-state index contributed by atoms with van der Waals surface area (Å²) in [6.07, 6.45) is 1.49. The molecule has 0 N–H and O–H groups in total. The fourth-order valence-corrected chi connectivity index (χ4v) is 0.994. The molecular weight excluding hydrogens is 172 g/mol. The number of aromatic nitrogens is 2. The Balaban J connectivity index is 3.19. The van der Waals surface area contributed by atoms with Gasteiger partial charge < -0.3 is 4.74 Å². The summed E-state index contributed by atoms with van der Waals surface area (Å²) in [5.41, 5.74) is 0.354. The van der Waals surface area contributed by atoms with Crippen molar-refractivity contribution in [3.05, 3.63) is 17.5 Å². The Bertz CT molecular complexity index is 354. The van der Waals surface area contributed by atoms with Crippen LogP contribution in [0.15, 0.2) is 6.20 Å². The molecule has 0 atom stereocenters. The maximum atomic E-state index is 11.1. The molecular formula is C8H10N2O3. The molecule has 1 aromatic rings. The van der Waals surface area contributed by atoms with E-state index in [1.54, 1.807) is 7.05 Å². The average Bonchev–Trinajstić information content (AvgIpc) is 2.46. The van der Waals surface area contributed by atoms with Crippen LogP contribution in [0.1, 0.15) is 27.8 Å². The fraction of sp³-hybridized carbons (Fsp3) is 0.375. The third-order valence-corrected chi connectivity index (χ3v) is 1.59. The van der Waals surface area contributed by atoms with Gasteiger partial charge in [0.05, 0.1) is 12.7 Å². The standard InChI is InChI=1S/C8H10N2O3/c1-5(11)6-4-10(2)9-7(6)8(12)13-3/h4H,1-3H3. The number of methoxy groups -OCH3 is 1. The molecule has 0 unspecified atom stereocenters. The van der Waals surface area contributed by atoms with Crippen molar-refractivity contribution >= 4 is 11.8 Å². The van der Waals surface area contributed by atoms with Crippen LogP contribution in [0.3, 0.4) is 0 Å². The molecule has 5 nitrogen and oxygen atoms in total. The van der Waals surface area contributed by atoms with E-state index in [0.29, 0.717) is 0 Å². The zero-order chi connectivity index (χ0) is 10.0. The van der Waals surface area contributed by atoms with Gasteiger partial charge in [-0.2, -0.15) is 5.10 Å². The molecule has 13 heavy (non-hydrogen) atoms. The lowest BCUT2D eigenvalue weighted by Crippen LogP contribution is -2.07. The molecule has 1 heterocycles. The number of carbonyl (C=O) groups excluding carboxylic acids is 2. The zero-order valence-corrected chi connectivity index (χ0v) is 7.70. The molecule has 0 aliphatic carbocycles. The van der Waals surface area contributed by atoms with E-state index in [1.807, 2.05) is 0 Å². The lowest BCUT2D eigenvalue weighted by atomic mass is 10.2. The molecule has 0 spiro atoms. The summed E-state index contributed by atoms with van der Waals surface area (Å²) >= 11 is 0. The highest BCUT2D eigenvalue weighted by atomic mass is 16.5. The summed E-state index contributed by atoms with van der Waals surface area (Å²) in [6, 6.07) is 0. The molecule has 0 saturated carbocycles. The van der Waals surface area contributed by atoms with Crippen LogP contribution < -0.4 is 0 Å². The van der Waals surface area contributed by atoms with Crippen LogP contribution in [-0.4, -0.2) is 28.6 Å². The molecule has 0 amide bonds. The molecule has 0 saturated heterocycles. The largest absolute Gasteiger partial charge is 0.464 e. The second kappa shape index (κ2) is 3.38. The van der Waals surface area contributed by atoms with Gasteiger partial charge in [-0.3, -0.25) is 9.48 Å². The topological polar surface area (TPSA) is 61.2 Å². The summed E-state index contributed by atoms with van der Waals surface area (Å²) in [5, 5.41) is 3.82. The second-order valence-corrected chi connectivity index (χ2v) is 2.61. The Kier molecular flexibility index (Phi) is 2.46. The number of rotatable bonds is 2. The molecule has 70 valence electrons. The summed E-state index contributed by atoms with van der Waals surface area (Å²) in [6.45, 7) is 1.38. The van der Waals surface area contributed by atoms with Gasteiger partial charge in [-0.15, -0.1) is 0 Å². The third kappa shape index (κ3) is 1.74. The van der Waals surface area contributed by atoms with E-state index in [4.69, 9.17) is 0 Å². The van der Waals surface area contributed by atoms with Crippen LogP contribution in [0.25, 0.3) is 0 Å². The van der Waals surface area contributed by atoms with Gasteiger partial charge >= 0.3 is 5.97 Å². The Morgan fingerprint density at radius 3 is 2.62 bits per heavy atom.